The van der Waals surface area contributed by atoms with Gasteiger partial charge in [-0.15, -0.1) is 0 Å². The molecule has 226 valence electrons. The molecule has 7 rings (SSSR count). The molecule has 5 aliphatic rings. The summed E-state index contributed by atoms with van der Waals surface area (Å²) < 4.78 is 16.1. The van der Waals surface area contributed by atoms with Gasteiger partial charge in [-0.25, -0.2) is 14.5 Å². The third-order valence-corrected chi connectivity index (χ3v) is 9.44. The monoisotopic (exact) mass is 606 g/mol. The lowest BCUT2D eigenvalue weighted by Crippen LogP contribution is -2.54. The number of benzene rings is 2. The number of esters is 1. The Morgan fingerprint density at radius 1 is 0.977 bits per heavy atom. The number of imide groups is 2. The first kappa shape index (κ1) is 29.2. The third-order valence-electron chi connectivity index (χ3n) is 9.16. The van der Waals surface area contributed by atoms with Crippen LogP contribution in [0.5, 0.6) is 11.5 Å². The largest absolute Gasteiger partial charge is 0.490 e. The van der Waals surface area contributed by atoms with Crippen molar-refractivity contribution in [2.45, 2.75) is 57.8 Å². The summed E-state index contributed by atoms with van der Waals surface area (Å²) >= 11 is 6.46. The number of amides is 4. The SMILES string of the molecule is CCOC(=O)COc1c(Cl)cc(/C=C2\C(=O)NC(=O)N(c3ccc(C45CC6CC(CC(C6)C4)C5)cc3)C2=O)cc1OCC. The number of nitrogens with zero attached hydrogens (tertiary/aromatic N) is 1. The summed E-state index contributed by atoms with van der Waals surface area (Å²) in [6, 6.07) is 9.93. The standard InChI is InChI=1S/C33H35ClN2O7/c1-3-41-27-14-19(13-26(34)29(27)43-18-28(37)42-4-2)12-25-30(38)35-32(40)36(31(25)39)24-7-5-23(6-8-24)33-15-20-9-21(16-33)11-22(10-20)17-33/h5-8,12-14,20-22H,3-4,9-11,15-18H2,1-2H3,(H,35,38,40)/b25-12+. The number of halogens is 1. The Labute approximate surface area is 255 Å². The summed E-state index contributed by atoms with van der Waals surface area (Å²) in [4.78, 5) is 52.1. The number of urea groups is 1. The molecule has 10 heteroatoms. The fraction of sp³-hybridized carbons (Fsp3) is 0.455. The molecule has 1 heterocycles. The van der Waals surface area contributed by atoms with Crippen LogP contribution in [0.1, 0.15) is 63.5 Å². The van der Waals surface area contributed by atoms with E-state index in [4.69, 9.17) is 25.8 Å². The first-order valence-corrected chi connectivity index (χ1v) is 15.3. The smallest absolute Gasteiger partial charge is 0.344 e. The number of nitrogens with one attached hydrogen (secondary N) is 1. The van der Waals surface area contributed by atoms with Gasteiger partial charge in [0.2, 0.25) is 0 Å². The molecule has 2 aromatic carbocycles. The van der Waals surface area contributed by atoms with Crippen molar-refractivity contribution in [1.82, 2.24) is 5.32 Å². The molecule has 1 aliphatic heterocycles. The highest BCUT2D eigenvalue weighted by molar-refractivity contribution is 6.39. The number of anilines is 1. The Bertz CT molecular complexity index is 1460. The van der Waals surface area contributed by atoms with Gasteiger partial charge in [0, 0.05) is 0 Å². The summed E-state index contributed by atoms with van der Waals surface area (Å²) in [7, 11) is 0. The number of barbiturate groups is 1. The maximum Gasteiger partial charge on any atom is 0.344 e. The van der Waals surface area contributed by atoms with Gasteiger partial charge in [0.25, 0.3) is 11.8 Å². The van der Waals surface area contributed by atoms with E-state index in [1.807, 2.05) is 12.1 Å². The number of carbonyl (C=O) groups is 4. The van der Waals surface area contributed by atoms with E-state index in [1.165, 1.54) is 56.2 Å². The highest BCUT2D eigenvalue weighted by Gasteiger charge is 2.51. The molecule has 4 aliphatic carbocycles. The quantitative estimate of drug-likeness (QED) is 0.218. The normalized spacial score (nSPS) is 27.0. The first-order chi connectivity index (χ1) is 20.7. The summed E-state index contributed by atoms with van der Waals surface area (Å²) in [5.41, 5.74) is 2.00. The molecule has 4 bridgehead atoms. The van der Waals surface area contributed by atoms with Gasteiger partial charge in [0.15, 0.2) is 18.1 Å². The maximum absolute atomic E-state index is 13.6. The number of ether oxygens (including phenoxy) is 3. The summed E-state index contributed by atoms with van der Waals surface area (Å²) in [5, 5.41) is 2.39. The van der Waals surface area contributed by atoms with Crippen molar-refractivity contribution in [1.29, 1.82) is 0 Å². The Kier molecular flexibility index (Phi) is 7.94. The topological polar surface area (TPSA) is 111 Å². The zero-order chi connectivity index (χ0) is 30.3. The zero-order valence-corrected chi connectivity index (χ0v) is 25.1. The van der Waals surface area contributed by atoms with Crippen molar-refractivity contribution < 1.29 is 33.4 Å². The fourth-order valence-corrected chi connectivity index (χ4v) is 8.17. The second-order valence-corrected chi connectivity index (χ2v) is 12.5. The van der Waals surface area contributed by atoms with Crippen LogP contribution in [0.4, 0.5) is 10.5 Å². The van der Waals surface area contributed by atoms with Crippen molar-refractivity contribution in [2.24, 2.45) is 17.8 Å². The van der Waals surface area contributed by atoms with Crippen molar-refractivity contribution in [3.63, 3.8) is 0 Å². The van der Waals surface area contributed by atoms with E-state index >= 15 is 0 Å². The van der Waals surface area contributed by atoms with Gasteiger partial charge < -0.3 is 14.2 Å². The molecule has 1 saturated heterocycles. The van der Waals surface area contributed by atoms with Gasteiger partial charge in [-0.3, -0.25) is 14.9 Å². The number of hydrogen-bond donors (Lipinski definition) is 1. The maximum atomic E-state index is 13.6. The molecular formula is C33H35ClN2O7. The van der Waals surface area contributed by atoms with Gasteiger partial charge in [0.1, 0.15) is 5.57 Å². The lowest BCUT2D eigenvalue weighted by atomic mass is 9.48. The average Bonchev–Trinajstić information content (AvgIpc) is 2.95. The molecule has 9 nitrogen and oxygen atoms in total. The van der Waals surface area contributed by atoms with Crippen molar-refractivity contribution in [2.75, 3.05) is 24.7 Å². The molecule has 4 amide bonds. The molecule has 4 saturated carbocycles. The van der Waals surface area contributed by atoms with E-state index in [-0.39, 0.29) is 47.3 Å². The molecule has 0 radical (unpaired) electrons. The third kappa shape index (κ3) is 5.62. The predicted octanol–water partition coefficient (Wildman–Crippen LogP) is 5.81. The minimum absolute atomic E-state index is 0.110. The van der Waals surface area contributed by atoms with Crippen LogP contribution in [-0.4, -0.2) is 43.6 Å². The van der Waals surface area contributed by atoms with E-state index in [1.54, 1.807) is 32.0 Å². The minimum Gasteiger partial charge on any atom is -0.490 e. The Morgan fingerprint density at radius 2 is 1.63 bits per heavy atom. The van der Waals surface area contributed by atoms with E-state index in [9.17, 15) is 19.2 Å². The van der Waals surface area contributed by atoms with Gasteiger partial charge in [-0.1, -0.05) is 23.7 Å². The summed E-state index contributed by atoms with van der Waals surface area (Å²) in [5.74, 6) is 0.641. The Hall–Kier alpha value is -3.85. The first-order valence-electron chi connectivity index (χ1n) is 15.0. The molecule has 0 aromatic heterocycles. The molecular weight excluding hydrogens is 572 g/mol. The summed E-state index contributed by atoms with van der Waals surface area (Å²) in [6.45, 7) is 3.57. The van der Waals surface area contributed by atoms with Gasteiger partial charge in [-0.05, 0) is 117 Å². The predicted molar refractivity (Wildman–Crippen MR) is 160 cm³/mol. The van der Waals surface area contributed by atoms with Crippen LogP contribution in [-0.2, 0) is 24.5 Å². The molecule has 0 unspecified atom stereocenters. The number of hydrogen-bond acceptors (Lipinski definition) is 7. The molecule has 5 fully saturated rings. The van der Waals surface area contributed by atoms with Gasteiger partial charge in [0.05, 0.1) is 23.9 Å². The van der Waals surface area contributed by atoms with E-state index in [2.05, 4.69) is 5.32 Å². The van der Waals surface area contributed by atoms with Crippen molar-refractivity contribution >= 4 is 47.2 Å². The van der Waals surface area contributed by atoms with E-state index in [0.29, 0.717) is 11.3 Å². The minimum atomic E-state index is -0.812. The number of rotatable bonds is 9. The lowest BCUT2D eigenvalue weighted by Gasteiger charge is -2.57. The van der Waals surface area contributed by atoms with Crippen LogP contribution in [0.15, 0.2) is 42.0 Å². The van der Waals surface area contributed by atoms with Crippen LogP contribution in [0.3, 0.4) is 0 Å². The molecule has 0 spiro atoms. The Morgan fingerprint density at radius 3 is 2.23 bits per heavy atom. The summed E-state index contributed by atoms with van der Waals surface area (Å²) in [6.07, 6.45) is 9.03. The number of carbonyl (C=O) groups excluding carboxylic acids is 4. The highest BCUT2D eigenvalue weighted by atomic mass is 35.5. The van der Waals surface area contributed by atoms with Crippen LogP contribution < -0.4 is 19.7 Å². The molecule has 43 heavy (non-hydrogen) atoms. The van der Waals surface area contributed by atoms with Crippen LogP contribution >= 0.6 is 11.6 Å². The molecule has 2 aromatic rings. The van der Waals surface area contributed by atoms with Crippen LogP contribution in [0.25, 0.3) is 6.08 Å². The lowest BCUT2D eigenvalue weighted by molar-refractivity contribution is -0.145. The van der Waals surface area contributed by atoms with Gasteiger partial charge in [-0.2, -0.15) is 0 Å². The Balaban J connectivity index is 1.25. The highest BCUT2D eigenvalue weighted by Crippen LogP contribution is 2.60. The van der Waals surface area contributed by atoms with Gasteiger partial charge >= 0.3 is 12.0 Å². The second kappa shape index (κ2) is 11.7. The second-order valence-electron chi connectivity index (χ2n) is 12.1. The van der Waals surface area contributed by atoms with Crippen molar-refractivity contribution in [3.05, 3.63) is 58.1 Å². The van der Waals surface area contributed by atoms with E-state index in [0.717, 1.165) is 22.7 Å². The molecule has 0 atom stereocenters. The van der Waals surface area contributed by atoms with Crippen LogP contribution in [0.2, 0.25) is 5.02 Å². The van der Waals surface area contributed by atoms with Crippen molar-refractivity contribution in [3.8, 4) is 11.5 Å². The average molecular weight is 607 g/mol. The molecule has 1 N–H and O–H groups in total. The van der Waals surface area contributed by atoms with Crippen LogP contribution in [0, 0.1) is 17.8 Å². The van der Waals surface area contributed by atoms with E-state index < -0.39 is 23.8 Å². The zero-order valence-electron chi connectivity index (χ0n) is 24.3. The fourth-order valence-electron chi connectivity index (χ4n) is 7.89.